The second kappa shape index (κ2) is 4.88. The first-order chi connectivity index (χ1) is 7.74. The summed E-state index contributed by atoms with van der Waals surface area (Å²) in [7, 11) is 0. The molecule has 0 aliphatic carbocycles. The number of aromatic amines is 1. The second-order valence-electron chi connectivity index (χ2n) is 4.42. The molecule has 4 heteroatoms. The van der Waals surface area contributed by atoms with E-state index in [4.69, 9.17) is 0 Å². The number of hydrogen-bond donors (Lipinski definition) is 2. The van der Waals surface area contributed by atoms with Crippen LogP contribution in [0.3, 0.4) is 0 Å². The first kappa shape index (κ1) is 10.8. The minimum absolute atomic E-state index is 0.623. The van der Waals surface area contributed by atoms with Crippen molar-refractivity contribution in [2.45, 2.75) is 26.9 Å². The van der Waals surface area contributed by atoms with Gasteiger partial charge in [0.15, 0.2) is 0 Å². The Morgan fingerprint density at radius 2 is 2.38 bits per heavy atom. The Kier molecular flexibility index (Phi) is 3.29. The molecule has 2 rings (SSSR count). The van der Waals surface area contributed by atoms with Gasteiger partial charge < -0.3 is 10.3 Å². The van der Waals surface area contributed by atoms with Crippen LogP contribution < -0.4 is 5.32 Å². The van der Waals surface area contributed by atoms with Crippen molar-refractivity contribution >= 4 is 5.69 Å². The molecule has 0 unspecified atom stereocenters. The van der Waals surface area contributed by atoms with Crippen molar-refractivity contribution in [1.82, 2.24) is 14.8 Å². The molecule has 2 heterocycles. The number of aromatic nitrogens is 3. The average molecular weight is 218 g/mol. The molecule has 0 radical (unpaired) electrons. The molecule has 0 aromatic carbocycles. The van der Waals surface area contributed by atoms with Crippen LogP contribution in [0.1, 0.15) is 19.4 Å². The Labute approximate surface area is 95.7 Å². The smallest absolute Gasteiger partial charge is 0.0729 e. The van der Waals surface area contributed by atoms with Gasteiger partial charge in [-0.05, 0) is 17.5 Å². The lowest BCUT2D eigenvalue weighted by molar-refractivity contribution is 0.483. The number of rotatable bonds is 5. The van der Waals surface area contributed by atoms with Crippen LogP contribution in [0.2, 0.25) is 0 Å². The molecule has 4 nitrogen and oxygen atoms in total. The summed E-state index contributed by atoms with van der Waals surface area (Å²) in [6, 6.07) is 2.06. The summed E-state index contributed by atoms with van der Waals surface area (Å²) in [6.07, 6.45) is 7.84. The highest BCUT2D eigenvalue weighted by Crippen LogP contribution is 2.09. The minimum atomic E-state index is 0.623. The summed E-state index contributed by atoms with van der Waals surface area (Å²) in [5, 5.41) is 7.64. The summed E-state index contributed by atoms with van der Waals surface area (Å²) in [6.45, 7) is 6.17. The maximum Gasteiger partial charge on any atom is 0.0729 e. The molecular weight excluding hydrogens is 200 g/mol. The van der Waals surface area contributed by atoms with Crippen molar-refractivity contribution < 1.29 is 0 Å². The fraction of sp³-hybridized carbons (Fsp3) is 0.417. The van der Waals surface area contributed by atoms with Gasteiger partial charge in [-0.2, -0.15) is 5.10 Å². The zero-order valence-electron chi connectivity index (χ0n) is 9.77. The van der Waals surface area contributed by atoms with Crippen LogP contribution in [-0.2, 0) is 13.1 Å². The van der Waals surface area contributed by atoms with Crippen LogP contribution in [0.4, 0.5) is 5.69 Å². The van der Waals surface area contributed by atoms with Crippen LogP contribution in [0.15, 0.2) is 30.9 Å². The molecule has 0 atom stereocenters. The molecule has 0 saturated heterocycles. The summed E-state index contributed by atoms with van der Waals surface area (Å²) in [4.78, 5) is 3.04. The van der Waals surface area contributed by atoms with Gasteiger partial charge in [-0.15, -0.1) is 0 Å². The van der Waals surface area contributed by atoms with E-state index >= 15 is 0 Å². The Balaban J connectivity index is 1.88. The average Bonchev–Trinajstić information content (AvgIpc) is 2.84. The summed E-state index contributed by atoms with van der Waals surface area (Å²) in [5.41, 5.74) is 2.32. The van der Waals surface area contributed by atoms with E-state index in [0.717, 1.165) is 18.8 Å². The molecule has 0 amide bonds. The lowest BCUT2D eigenvalue weighted by Crippen LogP contribution is -2.04. The monoisotopic (exact) mass is 218 g/mol. The standard InChI is InChI=1S/C12H18N4/c1-10(2)8-16-9-12(7-15-16)14-6-11-3-4-13-5-11/h3-5,7,9-10,13-14H,6,8H2,1-2H3. The van der Waals surface area contributed by atoms with E-state index in [1.807, 2.05) is 29.5 Å². The zero-order chi connectivity index (χ0) is 11.4. The molecular formula is C12H18N4. The first-order valence-electron chi connectivity index (χ1n) is 5.62. The van der Waals surface area contributed by atoms with Crippen molar-refractivity contribution in [3.63, 3.8) is 0 Å². The van der Waals surface area contributed by atoms with Crippen molar-refractivity contribution in [3.05, 3.63) is 36.4 Å². The third-order valence-electron chi connectivity index (χ3n) is 2.34. The van der Waals surface area contributed by atoms with Gasteiger partial charge in [-0.25, -0.2) is 0 Å². The third kappa shape index (κ3) is 2.89. The number of hydrogen-bond acceptors (Lipinski definition) is 2. The van der Waals surface area contributed by atoms with Gasteiger partial charge in [0.1, 0.15) is 0 Å². The molecule has 2 aromatic rings. The van der Waals surface area contributed by atoms with Gasteiger partial charge in [0.25, 0.3) is 0 Å². The SMILES string of the molecule is CC(C)Cn1cc(NCc2cc[nH]c2)cn1. The highest BCUT2D eigenvalue weighted by molar-refractivity contribution is 5.38. The predicted octanol–water partition coefficient (Wildman–Crippen LogP) is 2.48. The molecule has 0 aliphatic rings. The molecule has 2 N–H and O–H groups in total. The van der Waals surface area contributed by atoms with Gasteiger partial charge in [-0.3, -0.25) is 4.68 Å². The minimum Gasteiger partial charge on any atom is -0.378 e. The van der Waals surface area contributed by atoms with Crippen LogP contribution in [0, 0.1) is 5.92 Å². The number of nitrogens with one attached hydrogen (secondary N) is 2. The van der Waals surface area contributed by atoms with E-state index < -0.39 is 0 Å². The maximum atomic E-state index is 4.30. The van der Waals surface area contributed by atoms with Crippen LogP contribution in [-0.4, -0.2) is 14.8 Å². The van der Waals surface area contributed by atoms with Crippen LogP contribution in [0.5, 0.6) is 0 Å². The van der Waals surface area contributed by atoms with E-state index in [9.17, 15) is 0 Å². The van der Waals surface area contributed by atoms with Crippen LogP contribution in [0.25, 0.3) is 0 Å². The lowest BCUT2D eigenvalue weighted by atomic mass is 10.2. The fourth-order valence-corrected chi connectivity index (χ4v) is 1.60. The highest BCUT2D eigenvalue weighted by Gasteiger charge is 2.00. The van der Waals surface area contributed by atoms with E-state index in [-0.39, 0.29) is 0 Å². The van der Waals surface area contributed by atoms with Gasteiger partial charge in [-0.1, -0.05) is 13.8 Å². The zero-order valence-corrected chi connectivity index (χ0v) is 9.77. The van der Waals surface area contributed by atoms with Gasteiger partial charge in [0.05, 0.1) is 11.9 Å². The molecule has 2 aromatic heterocycles. The number of nitrogens with zero attached hydrogens (tertiary/aromatic N) is 2. The third-order valence-corrected chi connectivity index (χ3v) is 2.34. The Bertz CT molecular complexity index is 414. The number of anilines is 1. The van der Waals surface area contributed by atoms with E-state index in [1.165, 1.54) is 5.56 Å². The number of H-pyrrole nitrogens is 1. The Morgan fingerprint density at radius 3 is 3.06 bits per heavy atom. The topological polar surface area (TPSA) is 45.6 Å². The lowest BCUT2D eigenvalue weighted by Gasteiger charge is -2.04. The second-order valence-corrected chi connectivity index (χ2v) is 4.42. The van der Waals surface area contributed by atoms with Gasteiger partial charge in [0, 0.05) is 31.7 Å². The quantitative estimate of drug-likeness (QED) is 0.809. The van der Waals surface area contributed by atoms with E-state index in [1.54, 1.807) is 0 Å². The summed E-state index contributed by atoms with van der Waals surface area (Å²) < 4.78 is 1.98. The molecule has 86 valence electrons. The predicted molar refractivity (Wildman–Crippen MR) is 65.2 cm³/mol. The van der Waals surface area contributed by atoms with E-state index in [0.29, 0.717) is 5.92 Å². The van der Waals surface area contributed by atoms with Gasteiger partial charge in [0.2, 0.25) is 0 Å². The van der Waals surface area contributed by atoms with Crippen molar-refractivity contribution in [3.8, 4) is 0 Å². The Morgan fingerprint density at radius 1 is 1.50 bits per heavy atom. The molecule has 0 aliphatic heterocycles. The molecule has 0 bridgehead atoms. The fourth-order valence-electron chi connectivity index (χ4n) is 1.60. The first-order valence-corrected chi connectivity index (χ1v) is 5.62. The molecule has 0 fully saturated rings. The van der Waals surface area contributed by atoms with Crippen molar-refractivity contribution in [1.29, 1.82) is 0 Å². The van der Waals surface area contributed by atoms with Crippen molar-refractivity contribution in [2.24, 2.45) is 5.92 Å². The van der Waals surface area contributed by atoms with Crippen LogP contribution >= 0.6 is 0 Å². The Hall–Kier alpha value is -1.71. The summed E-state index contributed by atoms with van der Waals surface area (Å²) in [5.74, 6) is 0.623. The van der Waals surface area contributed by atoms with Crippen molar-refractivity contribution in [2.75, 3.05) is 5.32 Å². The normalized spacial score (nSPS) is 10.9. The maximum absolute atomic E-state index is 4.30. The molecule has 0 spiro atoms. The highest BCUT2D eigenvalue weighted by atomic mass is 15.3. The van der Waals surface area contributed by atoms with E-state index in [2.05, 4.69) is 35.3 Å². The van der Waals surface area contributed by atoms with Gasteiger partial charge >= 0.3 is 0 Å². The molecule has 16 heavy (non-hydrogen) atoms. The molecule has 0 saturated carbocycles. The largest absolute Gasteiger partial charge is 0.378 e. The summed E-state index contributed by atoms with van der Waals surface area (Å²) >= 11 is 0.